The predicted molar refractivity (Wildman–Crippen MR) is 59.7 cm³/mol. The first kappa shape index (κ1) is 11.6. The summed E-state index contributed by atoms with van der Waals surface area (Å²) in [5.74, 6) is -0.290. The van der Waals surface area contributed by atoms with Crippen LogP contribution in [0.1, 0.15) is 36.5 Å². The SMILES string of the molecule is Cc1cc(F)cc(C(O)CC2CCCO2)c1. The lowest BCUT2D eigenvalue weighted by Gasteiger charge is -2.16. The Labute approximate surface area is 95.1 Å². The molecular formula is C13H17FO2. The van der Waals surface area contributed by atoms with Crippen LogP contribution in [-0.4, -0.2) is 17.8 Å². The molecule has 1 aromatic carbocycles. The van der Waals surface area contributed by atoms with Gasteiger partial charge in [0.05, 0.1) is 12.2 Å². The number of aliphatic hydroxyl groups excluding tert-OH is 1. The highest BCUT2D eigenvalue weighted by Crippen LogP contribution is 2.26. The third-order valence-corrected chi connectivity index (χ3v) is 2.96. The lowest BCUT2D eigenvalue weighted by atomic mass is 10.0. The third-order valence-electron chi connectivity index (χ3n) is 2.96. The van der Waals surface area contributed by atoms with Crippen LogP contribution >= 0.6 is 0 Å². The highest BCUT2D eigenvalue weighted by atomic mass is 19.1. The van der Waals surface area contributed by atoms with E-state index in [4.69, 9.17) is 4.74 Å². The number of hydrogen-bond acceptors (Lipinski definition) is 2. The van der Waals surface area contributed by atoms with Crippen LogP contribution in [0, 0.1) is 12.7 Å². The van der Waals surface area contributed by atoms with Gasteiger partial charge in [-0.25, -0.2) is 4.39 Å². The molecule has 0 aromatic heterocycles. The molecule has 3 heteroatoms. The van der Waals surface area contributed by atoms with Gasteiger partial charge in [-0.1, -0.05) is 6.07 Å². The molecule has 0 saturated carbocycles. The second-order valence-electron chi connectivity index (χ2n) is 4.45. The van der Waals surface area contributed by atoms with E-state index in [1.54, 1.807) is 0 Å². The van der Waals surface area contributed by atoms with Gasteiger partial charge in [0.25, 0.3) is 0 Å². The molecule has 0 spiro atoms. The number of rotatable bonds is 3. The van der Waals surface area contributed by atoms with Crippen LogP contribution < -0.4 is 0 Å². The maximum atomic E-state index is 13.2. The number of benzene rings is 1. The summed E-state index contributed by atoms with van der Waals surface area (Å²) in [7, 11) is 0. The van der Waals surface area contributed by atoms with Gasteiger partial charge >= 0.3 is 0 Å². The summed E-state index contributed by atoms with van der Waals surface area (Å²) in [5, 5.41) is 9.98. The fraction of sp³-hybridized carbons (Fsp3) is 0.538. The number of hydrogen-bond donors (Lipinski definition) is 1. The Balaban J connectivity index is 2.04. The van der Waals surface area contributed by atoms with Crippen molar-refractivity contribution >= 4 is 0 Å². The minimum atomic E-state index is -0.627. The van der Waals surface area contributed by atoms with E-state index in [1.807, 2.05) is 13.0 Å². The molecule has 1 aromatic rings. The molecule has 1 saturated heterocycles. The number of aliphatic hydroxyl groups is 1. The predicted octanol–water partition coefficient (Wildman–Crippen LogP) is 2.74. The van der Waals surface area contributed by atoms with E-state index in [1.165, 1.54) is 12.1 Å². The molecule has 0 radical (unpaired) electrons. The fourth-order valence-electron chi connectivity index (χ4n) is 2.17. The summed E-state index contributed by atoms with van der Waals surface area (Å²) in [6.07, 6.45) is 2.10. The zero-order valence-electron chi connectivity index (χ0n) is 9.45. The first-order valence-corrected chi connectivity index (χ1v) is 5.72. The molecule has 0 bridgehead atoms. The van der Waals surface area contributed by atoms with Crippen molar-refractivity contribution in [3.8, 4) is 0 Å². The van der Waals surface area contributed by atoms with Gasteiger partial charge in [-0.15, -0.1) is 0 Å². The Kier molecular flexibility index (Phi) is 3.56. The van der Waals surface area contributed by atoms with Gasteiger partial charge in [0.15, 0.2) is 0 Å². The Morgan fingerprint density at radius 1 is 1.50 bits per heavy atom. The van der Waals surface area contributed by atoms with E-state index in [0.29, 0.717) is 12.0 Å². The average Bonchev–Trinajstić information content (AvgIpc) is 2.68. The molecule has 1 fully saturated rings. The van der Waals surface area contributed by atoms with E-state index >= 15 is 0 Å². The minimum Gasteiger partial charge on any atom is -0.388 e. The van der Waals surface area contributed by atoms with Crippen LogP contribution in [0.15, 0.2) is 18.2 Å². The lowest BCUT2D eigenvalue weighted by molar-refractivity contribution is 0.0533. The molecule has 16 heavy (non-hydrogen) atoms. The first-order chi connectivity index (χ1) is 7.65. The Morgan fingerprint density at radius 3 is 2.94 bits per heavy atom. The summed E-state index contributed by atoms with van der Waals surface area (Å²) in [6.45, 7) is 2.60. The summed E-state index contributed by atoms with van der Waals surface area (Å²) >= 11 is 0. The van der Waals surface area contributed by atoms with Crippen molar-refractivity contribution in [1.82, 2.24) is 0 Å². The Bertz CT molecular complexity index is 339. The van der Waals surface area contributed by atoms with Gasteiger partial charge < -0.3 is 9.84 Å². The molecule has 1 N–H and O–H groups in total. The van der Waals surface area contributed by atoms with E-state index in [2.05, 4.69) is 0 Å². The van der Waals surface area contributed by atoms with Gasteiger partial charge in [0, 0.05) is 13.0 Å². The second kappa shape index (κ2) is 4.93. The Morgan fingerprint density at radius 2 is 2.31 bits per heavy atom. The molecular weight excluding hydrogens is 207 g/mol. The van der Waals surface area contributed by atoms with E-state index in [0.717, 1.165) is 25.0 Å². The molecule has 0 amide bonds. The molecule has 2 atom stereocenters. The zero-order valence-corrected chi connectivity index (χ0v) is 9.45. The third kappa shape index (κ3) is 2.80. The number of ether oxygens (including phenoxy) is 1. The molecule has 2 rings (SSSR count). The molecule has 1 aliphatic heterocycles. The van der Waals surface area contributed by atoms with Crippen LogP contribution in [0.5, 0.6) is 0 Å². The van der Waals surface area contributed by atoms with Crippen LogP contribution in [-0.2, 0) is 4.74 Å². The van der Waals surface area contributed by atoms with Gasteiger partial charge in [0.1, 0.15) is 5.82 Å². The standard InChI is InChI=1S/C13H17FO2/c1-9-5-10(7-11(14)6-9)13(15)8-12-3-2-4-16-12/h5-7,12-13,15H,2-4,8H2,1H3. The first-order valence-electron chi connectivity index (χ1n) is 5.72. The quantitative estimate of drug-likeness (QED) is 0.855. The second-order valence-corrected chi connectivity index (χ2v) is 4.45. The lowest BCUT2D eigenvalue weighted by Crippen LogP contribution is -2.11. The molecule has 88 valence electrons. The highest BCUT2D eigenvalue weighted by molar-refractivity contribution is 5.25. The maximum Gasteiger partial charge on any atom is 0.123 e. The maximum absolute atomic E-state index is 13.2. The van der Waals surface area contributed by atoms with E-state index < -0.39 is 6.10 Å². The van der Waals surface area contributed by atoms with Crippen molar-refractivity contribution in [3.05, 3.63) is 35.1 Å². The highest BCUT2D eigenvalue weighted by Gasteiger charge is 2.20. The van der Waals surface area contributed by atoms with E-state index in [-0.39, 0.29) is 11.9 Å². The van der Waals surface area contributed by atoms with Gasteiger partial charge in [-0.05, 0) is 43.0 Å². The van der Waals surface area contributed by atoms with Crippen molar-refractivity contribution in [3.63, 3.8) is 0 Å². The number of halogens is 1. The fourth-order valence-corrected chi connectivity index (χ4v) is 2.17. The zero-order chi connectivity index (χ0) is 11.5. The summed E-state index contributed by atoms with van der Waals surface area (Å²) in [4.78, 5) is 0. The largest absolute Gasteiger partial charge is 0.388 e. The van der Waals surface area contributed by atoms with Crippen LogP contribution in [0.4, 0.5) is 4.39 Å². The number of aryl methyl sites for hydroxylation is 1. The van der Waals surface area contributed by atoms with Crippen molar-refractivity contribution in [1.29, 1.82) is 0 Å². The van der Waals surface area contributed by atoms with Gasteiger partial charge in [0.2, 0.25) is 0 Å². The molecule has 2 unspecified atom stereocenters. The monoisotopic (exact) mass is 224 g/mol. The smallest absolute Gasteiger partial charge is 0.123 e. The topological polar surface area (TPSA) is 29.5 Å². The van der Waals surface area contributed by atoms with Crippen LogP contribution in [0.2, 0.25) is 0 Å². The van der Waals surface area contributed by atoms with Gasteiger partial charge in [-0.3, -0.25) is 0 Å². The average molecular weight is 224 g/mol. The van der Waals surface area contributed by atoms with E-state index in [9.17, 15) is 9.50 Å². The normalized spacial score (nSPS) is 22.3. The Hall–Kier alpha value is -0.930. The van der Waals surface area contributed by atoms with Gasteiger partial charge in [-0.2, -0.15) is 0 Å². The van der Waals surface area contributed by atoms with Crippen molar-refractivity contribution in [2.75, 3.05) is 6.61 Å². The summed E-state index contributed by atoms with van der Waals surface area (Å²) < 4.78 is 18.6. The van der Waals surface area contributed by atoms with Crippen molar-refractivity contribution in [2.24, 2.45) is 0 Å². The van der Waals surface area contributed by atoms with Crippen molar-refractivity contribution < 1.29 is 14.2 Å². The van der Waals surface area contributed by atoms with Crippen molar-refractivity contribution in [2.45, 2.75) is 38.4 Å². The summed E-state index contributed by atoms with van der Waals surface area (Å²) in [5.41, 5.74) is 1.48. The van der Waals surface area contributed by atoms with Crippen LogP contribution in [0.3, 0.4) is 0 Å². The molecule has 1 aliphatic rings. The molecule has 0 aliphatic carbocycles. The van der Waals surface area contributed by atoms with Crippen LogP contribution in [0.25, 0.3) is 0 Å². The summed E-state index contributed by atoms with van der Waals surface area (Å²) in [6, 6.07) is 4.68. The molecule has 1 heterocycles. The minimum absolute atomic E-state index is 0.124. The molecule has 2 nitrogen and oxygen atoms in total.